The molecule has 0 aliphatic heterocycles. The van der Waals surface area contributed by atoms with Crippen LogP contribution in [0.3, 0.4) is 0 Å². The number of hydrogen-bond donors (Lipinski definition) is 1. The average Bonchev–Trinajstić information content (AvgIpc) is 2.51. The largest absolute Gasteiger partial charge is 0.489 e. The Morgan fingerprint density at radius 2 is 1.91 bits per heavy atom. The monoisotopic (exact) mass is 301 g/mol. The van der Waals surface area contributed by atoms with Crippen LogP contribution >= 0.6 is 0 Å². The van der Waals surface area contributed by atoms with E-state index >= 15 is 0 Å². The van der Waals surface area contributed by atoms with Crippen LogP contribution in [0.25, 0.3) is 0 Å². The van der Waals surface area contributed by atoms with E-state index in [0.29, 0.717) is 6.61 Å². The Hall–Kier alpha value is -2.36. The zero-order valence-electron chi connectivity index (χ0n) is 12.6. The fourth-order valence-electron chi connectivity index (χ4n) is 2.07. The summed E-state index contributed by atoms with van der Waals surface area (Å²) in [5.41, 5.74) is 7.17. The first-order valence-corrected chi connectivity index (χ1v) is 7.30. The van der Waals surface area contributed by atoms with Crippen molar-refractivity contribution in [2.45, 2.75) is 26.4 Å². The van der Waals surface area contributed by atoms with E-state index in [4.69, 9.17) is 10.5 Å². The third-order valence-electron chi connectivity index (χ3n) is 3.57. The van der Waals surface area contributed by atoms with Crippen LogP contribution in [-0.2, 0) is 17.8 Å². The fraction of sp³-hybridized carbons (Fsp3) is 0.278. The second-order valence-corrected chi connectivity index (χ2v) is 5.40. The van der Waals surface area contributed by atoms with Gasteiger partial charge in [-0.25, -0.2) is 4.39 Å². The van der Waals surface area contributed by atoms with E-state index in [2.05, 4.69) is 0 Å². The van der Waals surface area contributed by atoms with E-state index in [1.165, 1.54) is 12.1 Å². The number of amides is 1. The molecule has 0 spiro atoms. The number of hydrogen-bond acceptors (Lipinski definition) is 2. The lowest BCUT2D eigenvalue weighted by molar-refractivity contribution is -0.121. The fourth-order valence-corrected chi connectivity index (χ4v) is 2.07. The standard InChI is InChI=1S/C18H20FNO2/c1-13(18(20)21)5-6-14-7-9-17(10-8-14)22-12-15-3-2-4-16(19)11-15/h2-4,7-11,13H,5-6,12H2,1H3,(H2,20,21)/t13-/m1/s1. The van der Waals surface area contributed by atoms with Crippen molar-refractivity contribution in [1.82, 2.24) is 0 Å². The Kier molecular flexibility index (Phi) is 5.53. The van der Waals surface area contributed by atoms with Crippen molar-refractivity contribution in [2.24, 2.45) is 11.7 Å². The van der Waals surface area contributed by atoms with Crippen molar-refractivity contribution in [2.75, 3.05) is 0 Å². The minimum Gasteiger partial charge on any atom is -0.489 e. The molecule has 1 amide bonds. The van der Waals surface area contributed by atoms with Gasteiger partial charge >= 0.3 is 0 Å². The van der Waals surface area contributed by atoms with Crippen LogP contribution in [0.15, 0.2) is 48.5 Å². The maximum absolute atomic E-state index is 13.1. The SMILES string of the molecule is C[C@H](CCc1ccc(OCc2cccc(F)c2)cc1)C(N)=O. The zero-order chi connectivity index (χ0) is 15.9. The molecule has 2 aromatic carbocycles. The molecule has 0 saturated carbocycles. The van der Waals surface area contributed by atoms with Gasteiger partial charge < -0.3 is 10.5 Å². The van der Waals surface area contributed by atoms with Gasteiger partial charge in [0.15, 0.2) is 0 Å². The van der Waals surface area contributed by atoms with Crippen molar-refractivity contribution in [3.05, 3.63) is 65.5 Å². The molecule has 1 atom stereocenters. The summed E-state index contributed by atoms with van der Waals surface area (Å²) in [6.45, 7) is 2.16. The summed E-state index contributed by atoms with van der Waals surface area (Å²) in [5, 5.41) is 0. The second kappa shape index (κ2) is 7.59. The van der Waals surface area contributed by atoms with Crippen LogP contribution in [-0.4, -0.2) is 5.91 Å². The Bertz CT molecular complexity index is 625. The van der Waals surface area contributed by atoms with Crippen LogP contribution < -0.4 is 10.5 Å². The maximum Gasteiger partial charge on any atom is 0.220 e. The molecular formula is C18H20FNO2. The van der Waals surface area contributed by atoms with Gasteiger partial charge in [0.05, 0.1) is 0 Å². The van der Waals surface area contributed by atoms with Crippen LogP contribution in [0, 0.1) is 11.7 Å². The number of halogens is 1. The topological polar surface area (TPSA) is 52.3 Å². The van der Waals surface area contributed by atoms with Crippen molar-refractivity contribution in [3.8, 4) is 5.75 Å². The van der Waals surface area contributed by atoms with Crippen molar-refractivity contribution < 1.29 is 13.9 Å². The molecule has 0 fully saturated rings. The van der Waals surface area contributed by atoms with Crippen LogP contribution in [0.5, 0.6) is 5.75 Å². The van der Waals surface area contributed by atoms with Gasteiger partial charge in [0, 0.05) is 5.92 Å². The smallest absolute Gasteiger partial charge is 0.220 e. The lowest BCUT2D eigenvalue weighted by Gasteiger charge is -2.09. The summed E-state index contributed by atoms with van der Waals surface area (Å²) in [5.74, 6) is 0.0786. The predicted octanol–water partition coefficient (Wildman–Crippen LogP) is 3.46. The highest BCUT2D eigenvalue weighted by molar-refractivity contribution is 5.76. The Labute approximate surface area is 129 Å². The summed E-state index contributed by atoms with van der Waals surface area (Å²) >= 11 is 0. The first kappa shape index (κ1) is 16.0. The lowest BCUT2D eigenvalue weighted by atomic mass is 10.0. The Balaban J connectivity index is 1.85. The number of primary amides is 1. The van der Waals surface area contributed by atoms with E-state index in [9.17, 15) is 9.18 Å². The van der Waals surface area contributed by atoms with Crippen LogP contribution in [0.4, 0.5) is 4.39 Å². The van der Waals surface area contributed by atoms with Crippen LogP contribution in [0.1, 0.15) is 24.5 Å². The normalized spacial score (nSPS) is 11.9. The number of nitrogens with two attached hydrogens (primary N) is 1. The molecule has 0 unspecified atom stereocenters. The third-order valence-corrected chi connectivity index (χ3v) is 3.57. The predicted molar refractivity (Wildman–Crippen MR) is 83.9 cm³/mol. The summed E-state index contributed by atoms with van der Waals surface area (Å²) < 4.78 is 18.7. The first-order chi connectivity index (χ1) is 10.5. The third kappa shape index (κ3) is 4.88. The van der Waals surface area contributed by atoms with Crippen molar-refractivity contribution >= 4 is 5.91 Å². The van der Waals surface area contributed by atoms with Gasteiger partial charge in [0.25, 0.3) is 0 Å². The van der Waals surface area contributed by atoms with Gasteiger partial charge in [-0.2, -0.15) is 0 Å². The van der Waals surface area contributed by atoms with Gasteiger partial charge in [0.2, 0.25) is 5.91 Å². The number of aryl methyl sites for hydroxylation is 1. The highest BCUT2D eigenvalue weighted by atomic mass is 19.1. The van der Waals surface area contributed by atoms with Crippen molar-refractivity contribution in [3.63, 3.8) is 0 Å². The molecule has 0 saturated heterocycles. The van der Waals surface area contributed by atoms with Gasteiger partial charge in [-0.15, -0.1) is 0 Å². The summed E-state index contributed by atoms with van der Waals surface area (Å²) in [6, 6.07) is 14.0. The molecule has 2 rings (SSSR count). The van der Waals surface area contributed by atoms with Crippen LogP contribution in [0.2, 0.25) is 0 Å². The van der Waals surface area contributed by atoms with Crippen molar-refractivity contribution in [1.29, 1.82) is 0 Å². The molecule has 2 N–H and O–H groups in total. The molecule has 4 heteroatoms. The van der Waals surface area contributed by atoms with E-state index in [0.717, 1.165) is 29.7 Å². The van der Waals surface area contributed by atoms with Gasteiger partial charge in [-0.05, 0) is 48.2 Å². The number of benzene rings is 2. The molecule has 0 heterocycles. The molecule has 116 valence electrons. The van der Waals surface area contributed by atoms with Gasteiger partial charge in [-0.1, -0.05) is 31.2 Å². The van der Waals surface area contributed by atoms with E-state index in [1.54, 1.807) is 6.07 Å². The molecule has 0 aliphatic rings. The molecular weight excluding hydrogens is 281 g/mol. The number of rotatable bonds is 7. The molecule has 2 aromatic rings. The highest BCUT2D eigenvalue weighted by Gasteiger charge is 2.08. The molecule has 22 heavy (non-hydrogen) atoms. The van der Waals surface area contributed by atoms with E-state index in [-0.39, 0.29) is 17.6 Å². The summed E-state index contributed by atoms with van der Waals surface area (Å²) in [6.07, 6.45) is 1.53. The van der Waals surface area contributed by atoms with E-state index < -0.39 is 0 Å². The van der Waals surface area contributed by atoms with Gasteiger partial charge in [-0.3, -0.25) is 4.79 Å². The molecule has 0 bridgehead atoms. The summed E-state index contributed by atoms with van der Waals surface area (Å²) in [7, 11) is 0. The second-order valence-electron chi connectivity index (χ2n) is 5.40. The zero-order valence-corrected chi connectivity index (χ0v) is 12.6. The maximum atomic E-state index is 13.1. The molecule has 0 aliphatic carbocycles. The number of carbonyl (C=O) groups is 1. The average molecular weight is 301 g/mol. The van der Waals surface area contributed by atoms with E-state index in [1.807, 2.05) is 37.3 Å². The minimum atomic E-state index is -0.268. The van der Waals surface area contributed by atoms with Gasteiger partial charge in [0.1, 0.15) is 18.2 Å². The summed E-state index contributed by atoms with van der Waals surface area (Å²) in [4.78, 5) is 11.0. The lowest BCUT2D eigenvalue weighted by Crippen LogP contribution is -2.20. The Morgan fingerprint density at radius 1 is 1.18 bits per heavy atom. The first-order valence-electron chi connectivity index (χ1n) is 7.30. The molecule has 0 radical (unpaired) electrons. The number of ether oxygens (including phenoxy) is 1. The quantitative estimate of drug-likeness (QED) is 0.851. The minimum absolute atomic E-state index is 0.121. The molecule has 0 aromatic heterocycles. The molecule has 3 nitrogen and oxygen atoms in total. The number of carbonyl (C=O) groups excluding carboxylic acids is 1. The highest BCUT2D eigenvalue weighted by Crippen LogP contribution is 2.17. The Morgan fingerprint density at radius 3 is 2.55 bits per heavy atom.